The van der Waals surface area contributed by atoms with Gasteiger partial charge >= 0.3 is 0 Å². The molecule has 0 atom stereocenters. The highest BCUT2D eigenvalue weighted by atomic mass is 32.2. The van der Waals surface area contributed by atoms with Crippen LogP contribution in [0.1, 0.15) is 5.56 Å². The van der Waals surface area contributed by atoms with Crippen LogP contribution in [0.4, 0.5) is 0 Å². The Labute approximate surface area is 121 Å². The van der Waals surface area contributed by atoms with E-state index in [1.807, 2.05) is 25.2 Å². The first-order valence-electron chi connectivity index (χ1n) is 6.27. The Morgan fingerprint density at radius 1 is 1.10 bits per heavy atom. The SMILES string of the molecule is CN(CC#CCNS(=O)(=O)N(C)C)Cc1ccccc1. The smallest absolute Gasteiger partial charge is 0.279 e. The van der Waals surface area contributed by atoms with E-state index in [0.29, 0.717) is 6.54 Å². The van der Waals surface area contributed by atoms with Gasteiger partial charge in [-0.05, 0) is 12.6 Å². The van der Waals surface area contributed by atoms with Crippen molar-refractivity contribution in [2.24, 2.45) is 0 Å². The van der Waals surface area contributed by atoms with Crippen molar-refractivity contribution in [2.45, 2.75) is 6.54 Å². The molecule has 110 valence electrons. The third-order valence-corrected chi connectivity index (χ3v) is 4.06. The Morgan fingerprint density at radius 3 is 2.35 bits per heavy atom. The van der Waals surface area contributed by atoms with Gasteiger partial charge < -0.3 is 0 Å². The molecule has 0 bridgehead atoms. The van der Waals surface area contributed by atoms with Crippen LogP contribution >= 0.6 is 0 Å². The van der Waals surface area contributed by atoms with Gasteiger partial charge in [0.05, 0.1) is 13.1 Å². The van der Waals surface area contributed by atoms with Crippen LogP contribution in [0.5, 0.6) is 0 Å². The second kappa shape index (κ2) is 8.02. The molecule has 0 saturated heterocycles. The average Bonchev–Trinajstić information content (AvgIpc) is 2.39. The number of nitrogens with one attached hydrogen (secondary N) is 1. The first-order valence-corrected chi connectivity index (χ1v) is 7.71. The van der Waals surface area contributed by atoms with E-state index in [-0.39, 0.29) is 6.54 Å². The van der Waals surface area contributed by atoms with Gasteiger partial charge in [0.25, 0.3) is 10.2 Å². The third-order valence-electron chi connectivity index (χ3n) is 2.59. The van der Waals surface area contributed by atoms with Crippen LogP contribution in [0, 0.1) is 11.8 Å². The summed E-state index contributed by atoms with van der Waals surface area (Å²) in [4.78, 5) is 2.07. The molecule has 0 radical (unpaired) electrons. The van der Waals surface area contributed by atoms with E-state index in [1.54, 1.807) is 0 Å². The molecule has 0 aliphatic rings. The summed E-state index contributed by atoms with van der Waals surface area (Å²) in [6.45, 7) is 1.54. The minimum Gasteiger partial charge on any atom is -0.291 e. The average molecular weight is 295 g/mol. The van der Waals surface area contributed by atoms with E-state index in [4.69, 9.17) is 0 Å². The van der Waals surface area contributed by atoms with Crippen LogP contribution in [-0.2, 0) is 16.8 Å². The van der Waals surface area contributed by atoms with Crippen molar-refractivity contribution in [3.05, 3.63) is 35.9 Å². The summed E-state index contributed by atoms with van der Waals surface area (Å²) in [5, 5.41) is 0. The monoisotopic (exact) mass is 295 g/mol. The molecular formula is C14H21N3O2S. The van der Waals surface area contributed by atoms with Gasteiger partial charge in [0.1, 0.15) is 0 Å². The molecule has 0 amide bonds. The highest BCUT2D eigenvalue weighted by Crippen LogP contribution is 2.01. The molecule has 0 aliphatic carbocycles. The number of hydrogen-bond acceptors (Lipinski definition) is 3. The third kappa shape index (κ3) is 6.17. The Kier molecular flexibility index (Phi) is 6.68. The predicted octanol–water partition coefficient (Wildman–Crippen LogP) is 0.518. The summed E-state index contributed by atoms with van der Waals surface area (Å²) in [6, 6.07) is 10.1. The van der Waals surface area contributed by atoms with Gasteiger partial charge in [-0.25, -0.2) is 0 Å². The molecule has 1 aromatic rings. The molecular weight excluding hydrogens is 274 g/mol. The largest absolute Gasteiger partial charge is 0.291 e. The maximum atomic E-state index is 11.4. The van der Waals surface area contributed by atoms with Crippen molar-refractivity contribution >= 4 is 10.2 Å². The molecule has 1 aromatic carbocycles. The van der Waals surface area contributed by atoms with E-state index in [2.05, 4.69) is 33.6 Å². The minimum absolute atomic E-state index is 0.125. The maximum absolute atomic E-state index is 11.4. The number of benzene rings is 1. The fourth-order valence-electron chi connectivity index (χ4n) is 1.46. The van der Waals surface area contributed by atoms with Crippen molar-refractivity contribution in [2.75, 3.05) is 34.2 Å². The van der Waals surface area contributed by atoms with E-state index in [0.717, 1.165) is 10.8 Å². The van der Waals surface area contributed by atoms with E-state index < -0.39 is 10.2 Å². The van der Waals surface area contributed by atoms with Crippen molar-refractivity contribution in [3.8, 4) is 11.8 Å². The standard InChI is InChI=1S/C14H21N3O2S/c1-16(2)20(18,19)15-11-7-8-12-17(3)13-14-9-5-4-6-10-14/h4-6,9-10,15H,11-13H2,1-3H3. The molecule has 6 heteroatoms. The second-order valence-corrected chi connectivity index (χ2v) is 6.59. The Hall–Kier alpha value is -1.39. The molecule has 20 heavy (non-hydrogen) atoms. The molecule has 0 unspecified atom stereocenters. The molecule has 0 aliphatic heterocycles. The van der Waals surface area contributed by atoms with E-state index >= 15 is 0 Å². The fourth-order valence-corrected chi connectivity index (χ4v) is 1.97. The quantitative estimate of drug-likeness (QED) is 0.779. The zero-order valence-electron chi connectivity index (χ0n) is 12.1. The zero-order chi connectivity index (χ0) is 15.0. The molecule has 1 N–H and O–H groups in total. The van der Waals surface area contributed by atoms with Gasteiger partial charge in [-0.2, -0.15) is 17.4 Å². The number of hydrogen-bond donors (Lipinski definition) is 1. The van der Waals surface area contributed by atoms with Gasteiger partial charge in [0.15, 0.2) is 0 Å². The zero-order valence-corrected chi connectivity index (χ0v) is 12.9. The lowest BCUT2D eigenvalue weighted by atomic mass is 10.2. The van der Waals surface area contributed by atoms with Crippen LogP contribution in [0.15, 0.2) is 30.3 Å². The second-order valence-electron chi connectivity index (χ2n) is 4.62. The van der Waals surface area contributed by atoms with Crippen LogP contribution < -0.4 is 4.72 Å². The summed E-state index contributed by atoms with van der Waals surface area (Å²) in [6.07, 6.45) is 0. The predicted molar refractivity (Wildman–Crippen MR) is 81.2 cm³/mol. The highest BCUT2D eigenvalue weighted by Gasteiger charge is 2.10. The number of rotatable bonds is 6. The lowest BCUT2D eigenvalue weighted by Gasteiger charge is -2.13. The van der Waals surface area contributed by atoms with E-state index in [9.17, 15) is 8.42 Å². The summed E-state index contributed by atoms with van der Waals surface area (Å²) in [5.41, 5.74) is 1.23. The first-order chi connectivity index (χ1) is 9.42. The Bertz CT molecular complexity index is 559. The molecule has 0 aromatic heterocycles. The van der Waals surface area contributed by atoms with Crippen molar-refractivity contribution < 1.29 is 8.42 Å². The van der Waals surface area contributed by atoms with Gasteiger partial charge in [0.2, 0.25) is 0 Å². The summed E-state index contributed by atoms with van der Waals surface area (Å²) >= 11 is 0. The van der Waals surface area contributed by atoms with Gasteiger partial charge in [-0.1, -0.05) is 42.2 Å². The summed E-state index contributed by atoms with van der Waals surface area (Å²) in [5.74, 6) is 5.75. The molecule has 0 heterocycles. The van der Waals surface area contributed by atoms with Crippen LogP contribution in [0.25, 0.3) is 0 Å². The topological polar surface area (TPSA) is 52.7 Å². The minimum atomic E-state index is -3.38. The lowest BCUT2D eigenvalue weighted by molar-refractivity contribution is 0.369. The normalized spacial score (nSPS) is 11.4. The first kappa shape index (κ1) is 16.7. The lowest BCUT2D eigenvalue weighted by Crippen LogP contribution is -2.35. The molecule has 0 saturated carbocycles. The van der Waals surface area contributed by atoms with Crippen LogP contribution in [0.3, 0.4) is 0 Å². The summed E-state index contributed by atoms with van der Waals surface area (Å²) < 4.78 is 26.3. The van der Waals surface area contributed by atoms with Crippen LogP contribution in [0.2, 0.25) is 0 Å². The summed E-state index contributed by atoms with van der Waals surface area (Å²) in [7, 11) is 1.55. The fraction of sp³-hybridized carbons (Fsp3) is 0.429. The molecule has 0 fully saturated rings. The van der Waals surface area contributed by atoms with Crippen LogP contribution in [-0.4, -0.2) is 51.9 Å². The molecule has 1 rings (SSSR count). The van der Waals surface area contributed by atoms with Gasteiger partial charge in [0, 0.05) is 20.6 Å². The Morgan fingerprint density at radius 2 is 1.75 bits per heavy atom. The molecule has 5 nitrogen and oxygen atoms in total. The van der Waals surface area contributed by atoms with Crippen molar-refractivity contribution in [1.82, 2.24) is 13.9 Å². The Balaban J connectivity index is 2.32. The highest BCUT2D eigenvalue weighted by molar-refractivity contribution is 7.87. The molecule has 0 spiro atoms. The van der Waals surface area contributed by atoms with Crippen molar-refractivity contribution in [3.63, 3.8) is 0 Å². The van der Waals surface area contributed by atoms with Gasteiger partial charge in [-0.3, -0.25) is 4.90 Å². The number of nitrogens with zero attached hydrogens (tertiary/aromatic N) is 2. The van der Waals surface area contributed by atoms with E-state index in [1.165, 1.54) is 19.7 Å². The maximum Gasteiger partial charge on any atom is 0.279 e. The van der Waals surface area contributed by atoms with Crippen molar-refractivity contribution in [1.29, 1.82) is 0 Å². The van der Waals surface area contributed by atoms with Gasteiger partial charge in [-0.15, -0.1) is 0 Å².